The van der Waals surface area contributed by atoms with E-state index in [1.807, 2.05) is 54.6 Å². The van der Waals surface area contributed by atoms with E-state index < -0.39 is 8.07 Å². The number of ether oxygens (including phenoxy) is 1. The van der Waals surface area contributed by atoms with Crippen molar-refractivity contribution in [1.29, 1.82) is 0 Å². The smallest absolute Gasteiger partial charge is 0.307 e. The van der Waals surface area contributed by atoms with Gasteiger partial charge in [0.05, 0.1) is 5.38 Å². The number of rotatable bonds is 5. The van der Waals surface area contributed by atoms with Crippen LogP contribution in [-0.4, -0.2) is 14.0 Å². The SMILES string of the molecule is C=C(/C=C(/OC(C)=O)[Si](C)(C)c1ccccc1)c1ccccc1. The first-order chi connectivity index (χ1) is 10.9. The molecular weight excluding hydrogens is 300 g/mol. The average molecular weight is 322 g/mol. The summed E-state index contributed by atoms with van der Waals surface area (Å²) in [7, 11) is -2.11. The van der Waals surface area contributed by atoms with E-state index >= 15 is 0 Å². The van der Waals surface area contributed by atoms with E-state index in [9.17, 15) is 4.79 Å². The lowest BCUT2D eigenvalue weighted by Crippen LogP contribution is -2.45. The molecule has 2 rings (SSSR count). The Bertz CT molecular complexity index is 716. The third-order valence-electron chi connectivity index (χ3n) is 3.82. The molecule has 3 heteroatoms. The van der Waals surface area contributed by atoms with Crippen LogP contribution in [0.15, 0.2) is 78.7 Å². The highest BCUT2D eigenvalue weighted by molar-refractivity contribution is 6.95. The Morgan fingerprint density at radius 2 is 1.52 bits per heavy atom. The van der Waals surface area contributed by atoms with Crippen LogP contribution in [0.25, 0.3) is 5.57 Å². The third-order valence-corrected chi connectivity index (χ3v) is 7.07. The number of benzene rings is 2. The molecule has 0 saturated heterocycles. The number of esters is 1. The average Bonchev–Trinajstić information content (AvgIpc) is 2.55. The Balaban J connectivity index is 2.42. The van der Waals surface area contributed by atoms with Crippen molar-refractivity contribution in [2.75, 3.05) is 0 Å². The molecule has 0 aliphatic heterocycles. The maximum atomic E-state index is 11.6. The highest BCUT2D eigenvalue weighted by Crippen LogP contribution is 2.22. The largest absolute Gasteiger partial charge is 0.436 e. The first-order valence-corrected chi connectivity index (χ1v) is 10.6. The van der Waals surface area contributed by atoms with Crippen LogP contribution in [0, 0.1) is 0 Å². The summed E-state index contributed by atoms with van der Waals surface area (Å²) in [5, 5.41) is 1.94. The molecule has 23 heavy (non-hydrogen) atoms. The number of hydrogen-bond acceptors (Lipinski definition) is 2. The molecule has 2 aromatic carbocycles. The van der Waals surface area contributed by atoms with Gasteiger partial charge >= 0.3 is 5.97 Å². The Kier molecular flexibility index (Phi) is 5.35. The molecule has 118 valence electrons. The topological polar surface area (TPSA) is 26.3 Å². The molecule has 0 spiro atoms. The second-order valence-electron chi connectivity index (χ2n) is 5.98. The highest BCUT2D eigenvalue weighted by atomic mass is 28.3. The molecule has 0 N–H and O–H groups in total. The zero-order valence-electron chi connectivity index (χ0n) is 13.9. The molecule has 0 aromatic heterocycles. The van der Waals surface area contributed by atoms with Crippen LogP contribution in [0.3, 0.4) is 0 Å². The Labute approximate surface area is 139 Å². The van der Waals surface area contributed by atoms with E-state index in [0.29, 0.717) is 0 Å². The lowest BCUT2D eigenvalue weighted by Gasteiger charge is -2.25. The van der Waals surface area contributed by atoms with Crippen LogP contribution in [0.1, 0.15) is 12.5 Å². The summed E-state index contributed by atoms with van der Waals surface area (Å²) in [4.78, 5) is 11.6. The Morgan fingerprint density at radius 3 is 2.04 bits per heavy atom. The second kappa shape index (κ2) is 7.25. The van der Waals surface area contributed by atoms with Gasteiger partial charge in [-0.2, -0.15) is 0 Å². The lowest BCUT2D eigenvalue weighted by molar-refractivity contribution is -0.136. The van der Waals surface area contributed by atoms with Gasteiger partial charge in [-0.25, -0.2) is 0 Å². The predicted octanol–water partition coefficient (Wildman–Crippen LogP) is 4.30. The highest BCUT2D eigenvalue weighted by Gasteiger charge is 2.31. The summed E-state index contributed by atoms with van der Waals surface area (Å²) in [5.41, 5.74) is 1.87. The molecule has 0 atom stereocenters. The van der Waals surface area contributed by atoms with Gasteiger partial charge in [0.15, 0.2) is 8.07 Å². The summed E-state index contributed by atoms with van der Waals surface area (Å²) in [5.74, 6) is -0.298. The number of allylic oxidation sites excluding steroid dienone is 2. The summed E-state index contributed by atoms with van der Waals surface area (Å²) >= 11 is 0. The van der Waals surface area contributed by atoms with Crippen molar-refractivity contribution in [2.45, 2.75) is 20.0 Å². The molecule has 0 aliphatic carbocycles. The minimum Gasteiger partial charge on any atom is -0.436 e. The second-order valence-corrected chi connectivity index (χ2v) is 10.3. The zero-order valence-corrected chi connectivity index (χ0v) is 14.9. The first kappa shape index (κ1) is 17.0. The molecule has 0 unspecified atom stereocenters. The quantitative estimate of drug-likeness (QED) is 0.355. The maximum Gasteiger partial charge on any atom is 0.307 e. The van der Waals surface area contributed by atoms with Gasteiger partial charge in [0.1, 0.15) is 0 Å². The molecule has 0 bridgehead atoms. The van der Waals surface area contributed by atoms with Crippen LogP contribution >= 0.6 is 0 Å². The number of carbonyl (C=O) groups is 1. The molecule has 0 aliphatic rings. The summed E-state index contributed by atoms with van der Waals surface area (Å²) < 4.78 is 5.58. The van der Waals surface area contributed by atoms with E-state index in [1.54, 1.807) is 0 Å². The van der Waals surface area contributed by atoms with E-state index in [0.717, 1.165) is 16.5 Å². The zero-order chi connectivity index (χ0) is 16.9. The molecule has 0 amide bonds. The van der Waals surface area contributed by atoms with Crippen molar-refractivity contribution in [1.82, 2.24) is 0 Å². The minimum absolute atomic E-state index is 0.298. The Hall–Kier alpha value is -2.39. The first-order valence-electron chi connectivity index (χ1n) is 7.61. The van der Waals surface area contributed by atoms with Gasteiger partial charge in [0, 0.05) is 6.92 Å². The van der Waals surface area contributed by atoms with Crippen LogP contribution in [0.5, 0.6) is 0 Å². The normalized spacial score (nSPS) is 11.9. The van der Waals surface area contributed by atoms with Gasteiger partial charge in [0.25, 0.3) is 0 Å². The standard InChI is InChI=1S/C20H22O2Si/c1-16(18-11-7-5-8-12-18)15-20(22-17(2)21)23(3,4)19-13-9-6-10-14-19/h5-15H,1H2,2-4H3/b20-15-. The minimum atomic E-state index is -2.11. The Morgan fingerprint density at radius 1 is 1.00 bits per heavy atom. The fourth-order valence-electron chi connectivity index (χ4n) is 2.38. The molecule has 0 radical (unpaired) electrons. The molecule has 2 aromatic rings. The fraction of sp³-hybridized carbons (Fsp3) is 0.150. The lowest BCUT2D eigenvalue weighted by atomic mass is 10.1. The van der Waals surface area contributed by atoms with Crippen molar-refractivity contribution in [2.24, 2.45) is 0 Å². The van der Waals surface area contributed by atoms with Crippen molar-refractivity contribution in [3.63, 3.8) is 0 Å². The van der Waals surface area contributed by atoms with E-state index in [4.69, 9.17) is 4.74 Å². The monoisotopic (exact) mass is 322 g/mol. The van der Waals surface area contributed by atoms with Gasteiger partial charge < -0.3 is 4.74 Å². The fourth-order valence-corrected chi connectivity index (χ4v) is 4.63. The molecule has 0 heterocycles. The van der Waals surface area contributed by atoms with Gasteiger partial charge in [-0.05, 0) is 17.2 Å². The predicted molar refractivity (Wildman–Crippen MR) is 98.9 cm³/mol. The maximum absolute atomic E-state index is 11.6. The van der Waals surface area contributed by atoms with Gasteiger partial charge in [-0.3, -0.25) is 4.79 Å². The summed E-state index contributed by atoms with van der Waals surface area (Å²) in [6, 6.07) is 20.1. The van der Waals surface area contributed by atoms with Crippen molar-refractivity contribution >= 4 is 24.8 Å². The van der Waals surface area contributed by atoms with Crippen molar-refractivity contribution in [3.05, 3.63) is 84.3 Å². The van der Waals surface area contributed by atoms with E-state index in [2.05, 4.69) is 31.8 Å². The number of carbonyl (C=O) groups excluding carboxylic acids is 1. The summed E-state index contributed by atoms with van der Waals surface area (Å²) in [6.07, 6.45) is 1.91. The van der Waals surface area contributed by atoms with Gasteiger partial charge in [0.2, 0.25) is 0 Å². The molecule has 0 saturated carbocycles. The molecular formula is C20H22O2Si. The molecule has 0 fully saturated rings. The number of hydrogen-bond donors (Lipinski definition) is 0. The van der Waals surface area contributed by atoms with Crippen LogP contribution in [0.2, 0.25) is 13.1 Å². The van der Waals surface area contributed by atoms with Gasteiger partial charge in [-0.1, -0.05) is 85.5 Å². The van der Waals surface area contributed by atoms with Crippen molar-refractivity contribution in [3.8, 4) is 0 Å². The van der Waals surface area contributed by atoms with Crippen LogP contribution < -0.4 is 5.19 Å². The van der Waals surface area contributed by atoms with E-state index in [1.165, 1.54) is 12.1 Å². The van der Waals surface area contributed by atoms with Crippen molar-refractivity contribution < 1.29 is 9.53 Å². The summed E-state index contributed by atoms with van der Waals surface area (Å²) in [6.45, 7) is 9.92. The van der Waals surface area contributed by atoms with Crippen LogP contribution in [-0.2, 0) is 9.53 Å². The van der Waals surface area contributed by atoms with Crippen LogP contribution in [0.4, 0.5) is 0 Å². The van der Waals surface area contributed by atoms with E-state index in [-0.39, 0.29) is 5.97 Å². The van der Waals surface area contributed by atoms with Gasteiger partial charge in [-0.15, -0.1) is 0 Å². The molecule has 2 nitrogen and oxygen atoms in total. The third kappa shape index (κ3) is 4.30.